The predicted molar refractivity (Wildman–Crippen MR) is 319 cm³/mol. The molecule has 89 heavy (non-hydrogen) atoms. The number of nitrogens with two attached hydrogens (primary N) is 1. The molecule has 0 unspecified atom stereocenters. The van der Waals surface area contributed by atoms with Crippen LogP contribution in [0.3, 0.4) is 0 Å². The Hall–Kier alpha value is -9.28. The first-order chi connectivity index (χ1) is 42.4. The summed E-state index contributed by atoms with van der Waals surface area (Å²) in [6, 6.07) is 15.0. The van der Waals surface area contributed by atoms with E-state index in [2.05, 4.69) is 40.5 Å². The number of Topliss-reactive ketones (excluding diaryl/α,β-unsaturated/α-hetero) is 1. The van der Waals surface area contributed by atoms with Crippen molar-refractivity contribution in [2.45, 2.75) is 99.6 Å². The molecule has 10 aromatic rings. The minimum atomic E-state index is -4.31. The van der Waals surface area contributed by atoms with Gasteiger partial charge in [0.15, 0.2) is 52.3 Å². The Morgan fingerprint density at radius 2 is 1.03 bits per heavy atom. The Morgan fingerprint density at radius 1 is 0.596 bits per heavy atom. The number of ketones is 1. The number of nitrogens with one attached hydrogen (secondary N) is 2. The summed E-state index contributed by atoms with van der Waals surface area (Å²) in [6.07, 6.45) is 16.6. The van der Waals surface area contributed by atoms with Gasteiger partial charge in [0.2, 0.25) is 0 Å². The first-order valence-corrected chi connectivity index (χ1v) is 30.9. The van der Waals surface area contributed by atoms with Crippen LogP contribution in [0.15, 0.2) is 132 Å². The van der Waals surface area contributed by atoms with Crippen LogP contribution in [0.5, 0.6) is 0 Å². The number of aryl methyl sites for hydroxylation is 4. The van der Waals surface area contributed by atoms with E-state index in [1.807, 2.05) is 0 Å². The first-order valence-electron chi connectivity index (χ1n) is 28.0. The highest BCUT2D eigenvalue weighted by Crippen LogP contribution is 2.38. The molecule has 6 aromatic heterocycles. The normalized spacial score (nSPS) is 16.9. The molecular weight excluding hydrogens is 1200 g/mol. The third kappa shape index (κ3) is 13.6. The van der Waals surface area contributed by atoms with E-state index < -0.39 is 60.9 Å². The van der Waals surface area contributed by atoms with Crippen LogP contribution in [0.4, 0.5) is 38.0 Å². The molecule has 4 atom stereocenters. The van der Waals surface area contributed by atoms with Crippen molar-refractivity contribution in [1.82, 2.24) is 47.0 Å². The molecule has 28 heteroatoms. The standard InChI is InChI=1S/C31H29F3N6O3S.C25H24F3N5O2S.C5H6N2O2/c1-18-6-8-22(9-7-18)44(42,43)40-16-24(23-12-20(32)13-25(33)29(23)40)30-36-14-26(34)31(38-30)37-21-5-3-4-19(10-21)11-28(41)27-15-35-17-39(27)2;1-14-5-7-18(8-6-14)36(34,35)33-13-20(19-9-15(26)10-21(27)23(19)33)24-30-12-22(28)25(32-24)31-17-4-2-3-16(29)11-17;1-7-3-6-2-4(7)5(8)9/h6-9,12-17,19,21H,3-5,10-11H2,1-2H3,(H,36,37,38);5-10,12-13,16-17H,2-4,11,29H2,1H3,(H,30,31,32);2-3H,1H3,(H,8,9)/t19-,21+;16-,17+;/m11./s1. The lowest BCUT2D eigenvalue weighted by molar-refractivity contribution is 0.0686. The van der Waals surface area contributed by atoms with Crippen LogP contribution in [0.2, 0.25) is 0 Å². The van der Waals surface area contributed by atoms with Crippen molar-refractivity contribution < 1.29 is 57.9 Å². The summed E-state index contributed by atoms with van der Waals surface area (Å²) in [6.45, 7) is 3.61. The molecule has 2 aliphatic rings. The summed E-state index contributed by atoms with van der Waals surface area (Å²) in [5.74, 6) is -6.70. The summed E-state index contributed by atoms with van der Waals surface area (Å²) < 4.78 is 147. The van der Waals surface area contributed by atoms with Gasteiger partial charge in [0.25, 0.3) is 20.0 Å². The zero-order valence-corrected chi connectivity index (χ0v) is 49.9. The van der Waals surface area contributed by atoms with Crippen LogP contribution in [0, 0.1) is 54.7 Å². The zero-order chi connectivity index (χ0) is 63.6. The Morgan fingerprint density at radius 3 is 1.45 bits per heavy atom. The number of carbonyl (C=O) groups excluding carboxylic acids is 1. The maximum Gasteiger partial charge on any atom is 0.354 e. The second-order valence-electron chi connectivity index (χ2n) is 22.0. The van der Waals surface area contributed by atoms with E-state index in [4.69, 9.17) is 10.8 Å². The SMILES string of the molecule is Cc1ccc(S(=O)(=O)n2cc(-c3ncc(F)c(N[C@H]4CCC[C@@H](CC(=O)c5cncn5C)C4)n3)c3cc(F)cc(F)c32)cc1.Cc1ccc(S(=O)(=O)n2cc(-c3ncc(F)c(N[C@H]4CCC[C@@H](N)C4)n3)c3cc(F)cc(F)c32)cc1.Cn1cncc1C(=O)O. The van der Waals surface area contributed by atoms with Gasteiger partial charge in [0.05, 0.1) is 47.2 Å². The van der Waals surface area contributed by atoms with Crippen molar-refractivity contribution in [1.29, 1.82) is 0 Å². The van der Waals surface area contributed by atoms with Crippen molar-refractivity contribution in [2.24, 2.45) is 25.7 Å². The molecule has 0 radical (unpaired) electrons. The molecule has 5 N–H and O–H groups in total. The number of carboxylic acid groups (broad SMARTS) is 1. The van der Waals surface area contributed by atoms with Gasteiger partial charge in [0.1, 0.15) is 34.1 Å². The molecule has 0 spiro atoms. The highest BCUT2D eigenvalue weighted by molar-refractivity contribution is 7.90. The average molecular weight is 1260 g/mol. The lowest BCUT2D eigenvalue weighted by Crippen LogP contribution is -2.35. The summed E-state index contributed by atoms with van der Waals surface area (Å²) >= 11 is 0. The van der Waals surface area contributed by atoms with E-state index in [0.717, 1.165) is 94.5 Å². The van der Waals surface area contributed by atoms with Gasteiger partial charge in [-0.2, -0.15) is 0 Å². The van der Waals surface area contributed by atoms with Crippen LogP contribution >= 0.6 is 0 Å². The number of imidazole rings is 2. The number of nitrogens with zero attached hydrogens (tertiary/aromatic N) is 10. The highest BCUT2D eigenvalue weighted by Gasteiger charge is 2.31. The number of halogens is 6. The number of fused-ring (bicyclic) bond motifs is 2. The lowest BCUT2D eigenvalue weighted by Gasteiger charge is -2.30. The monoisotopic (exact) mass is 1260 g/mol. The lowest BCUT2D eigenvalue weighted by atomic mass is 9.82. The summed E-state index contributed by atoms with van der Waals surface area (Å²) in [5, 5.41) is 14.4. The number of rotatable bonds is 14. The van der Waals surface area contributed by atoms with Crippen LogP contribution in [-0.4, -0.2) is 98.8 Å². The largest absolute Gasteiger partial charge is 0.477 e. The molecule has 6 heterocycles. The maximum atomic E-state index is 15.2. The molecular formula is C61H59F6N13O7S2. The van der Waals surface area contributed by atoms with Crippen LogP contribution in [-0.2, 0) is 34.1 Å². The molecule has 20 nitrogen and oxygen atoms in total. The number of aromatic carboxylic acids is 1. The van der Waals surface area contributed by atoms with Crippen LogP contribution in [0.25, 0.3) is 44.6 Å². The van der Waals surface area contributed by atoms with E-state index >= 15 is 4.39 Å². The second kappa shape index (κ2) is 25.8. The van der Waals surface area contributed by atoms with Gasteiger partial charge in [-0.05, 0) is 101 Å². The van der Waals surface area contributed by atoms with Crippen LogP contribution < -0.4 is 16.4 Å². The fraction of sp³-hybridized carbons (Fsp3) is 0.279. The van der Waals surface area contributed by atoms with Gasteiger partial charge in [-0.25, -0.2) is 85.8 Å². The minimum Gasteiger partial charge on any atom is -0.477 e. The topological polar surface area (TPSA) is 270 Å². The number of hydrogen-bond acceptors (Lipinski definition) is 15. The van der Waals surface area contributed by atoms with Crippen molar-refractivity contribution in [2.75, 3.05) is 10.6 Å². The Labute approximate surface area is 506 Å². The maximum absolute atomic E-state index is 15.2. The first kappa shape index (κ1) is 62.8. The van der Waals surface area contributed by atoms with Crippen molar-refractivity contribution >= 4 is 65.2 Å². The van der Waals surface area contributed by atoms with E-state index in [1.165, 1.54) is 41.4 Å². The van der Waals surface area contributed by atoms with Gasteiger partial charge in [-0.15, -0.1) is 0 Å². The van der Waals surface area contributed by atoms with Crippen molar-refractivity contribution in [3.05, 3.63) is 180 Å². The highest BCUT2D eigenvalue weighted by atomic mass is 32.2. The summed E-state index contributed by atoms with van der Waals surface area (Å²) in [7, 11) is -5.16. The van der Waals surface area contributed by atoms with Crippen molar-refractivity contribution in [3.8, 4) is 22.8 Å². The smallest absolute Gasteiger partial charge is 0.354 e. The van der Waals surface area contributed by atoms with E-state index in [-0.39, 0.29) is 102 Å². The van der Waals surface area contributed by atoms with Gasteiger partial charge < -0.3 is 30.6 Å². The summed E-state index contributed by atoms with van der Waals surface area (Å²) in [4.78, 5) is 47.1. The Kier molecular flexibility index (Phi) is 18.2. The molecule has 2 saturated carbocycles. The summed E-state index contributed by atoms with van der Waals surface area (Å²) in [5.41, 5.74) is 7.77. The van der Waals surface area contributed by atoms with E-state index in [1.54, 1.807) is 69.3 Å². The molecule has 0 bridgehead atoms. The van der Waals surface area contributed by atoms with Gasteiger partial charge in [0, 0.05) is 85.1 Å². The number of benzene rings is 4. The molecule has 4 aromatic carbocycles. The van der Waals surface area contributed by atoms with Crippen molar-refractivity contribution in [3.63, 3.8) is 0 Å². The number of carboxylic acids is 1. The average Bonchev–Trinajstić information content (AvgIpc) is 1.73. The van der Waals surface area contributed by atoms with Crippen LogP contribution in [0.1, 0.15) is 89.9 Å². The van der Waals surface area contributed by atoms with E-state index in [0.29, 0.717) is 37.1 Å². The minimum absolute atomic E-state index is 0.00322. The van der Waals surface area contributed by atoms with Gasteiger partial charge in [-0.1, -0.05) is 41.8 Å². The Bertz CT molecular complexity index is 4540. The third-order valence-electron chi connectivity index (χ3n) is 15.5. The van der Waals surface area contributed by atoms with Gasteiger partial charge >= 0.3 is 5.97 Å². The molecule has 2 aliphatic carbocycles. The molecule has 464 valence electrons. The fourth-order valence-electron chi connectivity index (χ4n) is 11.0. The molecule has 0 amide bonds. The fourth-order valence-corrected chi connectivity index (χ4v) is 13.7. The van der Waals surface area contributed by atoms with E-state index in [9.17, 15) is 48.4 Å². The molecule has 2 fully saturated rings. The third-order valence-corrected chi connectivity index (χ3v) is 18.8. The number of carbonyl (C=O) groups is 2. The second-order valence-corrected chi connectivity index (χ2v) is 25.6. The molecule has 0 aliphatic heterocycles. The number of aromatic nitrogens is 10. The Balaban J connectivity index is 0.000000174. The number of anilines is 2. The predicted octanol–water partition coefficient (Wildman–Crippen LogP) is 10.9. The zero-order valence-electron chi connectivity index (χ0n) is 48.3. The quantitative estimate of drug-likeness (QED) is 0.0582. The molecule has 0 saturated heterocycles. The number of hydrogen-bond donors (Lipinski definition) is 4. The van der Waals surface area contributed by atoms with Gasteiger partial charge in [-0.3, -0.25) is 4.79 Å². The molecule has 12 rings (SSSR count).